The number of benzene rings is 2. The number of ketones is 1. The first-order chi connectivity index (χ1) is 13.5. The zero-order chi connectivity index (χ0) is 19.8. The Labute approximate surface area is 170 Å². The third kappa shape index (κ3) is 3.19. The molecule has 0 radical (unpaired) electrons. The Morgan fingerprint density at radius 1 is 1.00 bits per heavy atom. The van der Waals surface area contributed by atoms with Crippen molar-refractivity contribution in [2.45, 2.75) is 6.92 Å². The number of hydrogen-bond acceptors (Lipinski definition) is 3. The molecule has 4 aromatic rings. The second kappa shape index (κ2) is 7.19. The van der Waals surface area contributed by atoms with Crippen LogP contribution in [-0.2, 0) is 0 Å². The van der Waals surface area contributed by atoms with Crippen molar-refractivity contribution in [2.24, 2.45) is 0 Å². The highest BCUT2D eigenvalue weighted by Gasteiger charge is 2.23. The Hall–Kier alpha value is -3.02. The van der Waals surface area contributed by atoms with Crippen LogP contribution in [0.1, 0.15) is 21.8 Å². The predicted octanol–water partition coefficient (Wildman–Crippen LogP) is 5.27. The molecule has 0 bridgehead atoms. The summed E-state index contributed by atoms with van der Waals surface area (Å²) in [6.07, 6.45) is 0. The largest absolute Gasteiger partial charge is 0.453 e. The average Bonchev–Trinajstić information content (AvgIpc) is 3.29. The van der Waals surface area contributed by atoms with Crippen molar-refractivity contribution in [3.63, 3.8) is 0 Å². The van der Waals surface area contributed by atoms with Crippen molar-refractivity contribution in [1.29, 1.82) is 0 Å². The number of H-pyrrole nitrogens is 1. The zero-order valence-corrected chi connectivity index (χ0v) is 16.2. The topological polar surface area (TPSA) is 68.0 Å². The maximum atomic E-state index is 12.9. The summed E-state index contributed by atoms with van der Waals surface area (Å²) in [6.45, 7) is 1.68. The van der Waals surface area contributed by atoms with E-state index in [0.717, 1.165) is 0 Å². The van der Waals surface area contributed by atoms with E-state index in [1.165, 1.54) is 4.68 Å². The van der Waals surface area contributed by atoms with Crippen LogP contribution in [-0.4, -0.2) is 15.6 Å². The van der Waals surface area contributed by atoms with Gasteiger partial charge in [0.15, 0.2) is 5.76 Å². The number of carbonyl (C=O) groups is 1. The molecule has 2 aromatic carbocycles. The summed E-state index contributed by atoms with van der Waals surface area (Å²) in [5.74, 6) is 0.0405. The number of hydrogen-bond donors (Lipinski definition) is 1. The molecular weight excluding hydrogens is 399 g/mol. The summed E-state index contributed by atoms with van der Waals surface area (Å²) in [5, 5.41) is 3.75. The van der Waals surface area contributed by atoms with Crippen molar-refractivity contribution < 1.29 is 9.21 Å². The van der Waals surface area contributed by atoms with E-state index < -0.39 is 11.3 Å². The number of para-hydroxylation sites is 1. The highest BCUT2D eigenvalue weighted by Crippen LogP contribution is 2.30. The zero-order valence-electron chi connectivity index (χ0n) is 14.7. The van der Waals surface area contributed by atoms with Crippen molar-refractivity contribution in [3.8, 4) is 17.0 Å². The molecule has 28 heavy (non-hydrogen) atoms. The Bertz CT molecular complexity index is 1240. The molecule has 140 valence electrons. The molecule has 7 heteroatoms. The first-order valence-corrected chi connectivity index (χ1v) is 9.18. The second-order valence-electron chi connectivity index (χ2n) is 6.21. The minimum atomic E-state index is -0.486. The van der Waals surface area contributed by atoms with Crippen LogP contribution in [0.15, 0.2) is 69.9 Å². The molecule has 0 spiro atoms. The van der Waals surface area contributed by atoms with Crippen molar-refractivity contribution in [1.82, 2.24) is 9.78 Å². The molecular formula is C21H14Cl2N2O3. The smallest absolute Gasteiger partial charge is 0.282 e. The van der Waals surface area contributed by atoms with Crippen LogP contribution >= 0.6 is 23.2 Å². The quantitative estimate of drug-likeness (QED) is 0.464. The predicted molar refractivity (Wildman–Crippen MR) is 109 cm³/mol. The molecule has 0 saturated heterocycles. The van der Waals surface area contributed by atoms with E-state index in [9.17, 15) is 9.59 Å². The van der Waals surface area contributed by atoms with E-state index in [-0.39, 0.29) is 11.3 Å². The molecule has 2 aromatic heterocycles. The van der Waals surface area contributed by atoms with Crippen molar-refractivity contribution in [2.75, 3.05) is 0 Å². The molecule has 0 aliphatic heterocycles. The third-order valence-electron chi connectivity index (χ3n) is 4.35. The minimum Gasteiger partial charge on any atom is -0.453 e. The fourth-order valence-electron chi connectivity index (χ4n) is 2.96. The molecule has 0 aliphatic carbocycles. The number of nitrogens with one attached hydrogen (secondary N) is 1. The number of furan rings is 1. The monoisotopic (exact) mass is 412 g/mol. The van der Waals surface area contributed by atoms with Crippen LogP contribution in [0.4, 0.5) is 0 Å². The van der Waals surface area contributed by atoms with Crippen LogP contribution < -0.4 is 5.56 Å². The number of aromatic amines is 1. The first-order valence-electron chi connectivity index (χ1n) is 8.42. The van der Waals surface area contributed by atoms with Gasteiger partial charge in [0.25, 0.3) is 5.56 Å². The van der Waals surface area contributed by atoms with Gasteiger partial charge in [-0.05, 0) is 49.4 Å². The van der Waals surface area contributed by atoms with Gasteiger partial charge in [-0.3, -0.25) is 14.7 Å². The molecule has 0 amide bonds. The van der Waals surface area contributed by atoms with Crippen molar-refractivity contribution >= 4 is 29.0 Å². The van der Waals surface area contributed by atoms with Gasteiger partial charge in [0, 0.05) is 11.3 Å². The van der Waals surface area contributed by atoms with Gasteiger partial charge in [0.1, 0.15) is 11.3 Å². The molecule has 1 N–H and O–H groups in total. The van der Waals surface area contributed by atoms with Gasteiger partial charge >= 0.3 is 0 Å². The summed E-state index contributed by atoms with van der Waals surface area (Å²) >= 11 is 12.0. The Morgan fingerprint density at radius 2 is 1.75 bits per heavy atom. The molecule has 0 fully saturated rings. The van der Waals surface area contributed by atoms with Crippen LogP contribution in [0.2, 0.25) is 10.0 Å². The molecule has 0 atom stereocenters. The number of aryl methyl sites for hydroxylation is 1. The van der Waals surface area contributed by atoms with E-state index in [2.05, 4.69) is 5.10 Å². The van der Waals surface area contributed by atoms with Gasteiger partial charge in [-0.1, -0.05) is 41.4 Å². The van der Waals surface area contributed by atoms with E-state index in [0.29, 0.717) is 32.8 Å². The number of carbonyl (C=O) groups excluding carboxylic acids is 1. The third-order valence-corrected chi connectivity index (χ3v) is 5.09. The standard InChI is InChI=1S/C21H14Cl2N2O3/c1-12-19(21(27)25(24-12)14-5-3-2-4-6-14)20(26)18-10-9-17(28-18)13-7-8-15(22)16(23)11-13/h2-11,24H,1H3. The normalized spacial score (nSPS) is 11.0. The van der Waals surface area contributed by atoms with Crippen LogP contribution in [0.5, 0.6) is 0 Å². The van der Waals surface area contributed by atoms with E-state index >= 15 is 0 Å². The lowest BCUT2D eigenvalue weighted by atomic mass is 10.1. The summed E-state index contributed by atoms with van der Waals surface area (Å²) in [7, 11) is 0. The lowest BCUT2D eigenvalue weighted by molar-refractivity contribution is 0.101. The second-order valence-corrected chi connectivity index (χ2v) is 7.02. The Kier molecular flexibility index (Phi) is 4.71. The number of nitrogens with zero attached hydrogens (tertiary/aromatic N) is 1. The number of rotatable bonds is 4. The van der Waals surface area contributed by atoms with Gasteiger partial charge in [0.2, 0.25) is 5.78 Å². The number of aromatic nitrogens is 2. The molecule has 0 aliphatic rings. The first kappa shape index (κ1) is 18.3. The Balaban J connectivity index is 1.71. The highest BCUT2D eigenvalue weighted by atomic mass is 35.5. The van der Waals surface area contributed by atoms with Gasteiger partial charge in [-0.25, -0.2) is 4.68 Å². The minimum absolute atomic E-state index is 0.0406. The maximum Gasteiger partial charge on any atom is 0.282 e. The van der Waals surface area contributed by atoms with E-state index in [1.807, 2.05) is 18.2 Å². The molecule has 2 heterocycles. The molecule has 0 unspecified atom stereocenters. The fourth-order valence-corrected chi connectivity index (χ4v) is 3.26. The van der Waals surface area contributed by atoms with Crippen LogP contribution in [0.3, 0.4) is 0 Å². The summed E-state index contributed by atoms with van der Waals surface area (Å²) in [6, 6.07) is 17.3. The SMILES string of the molecule is Cc1[nH]n(-c2ccccc2)c(=O)c1C(=O)c1ccc(-c2ccc(Cl)c(Cl)c2)o1. The van der Waals surface area contributed by atoms with Gasteiger partial charge in [0.05, 0.1) is 15.7 Å². The van der Waals surface area contributed by atoms with E-state index in [1.54, 1.807) is 49.4 Å². The lowest BCUT2D eigenvalue weighted by Crippen LogP contribution is -2.20. The van der Waals surface area contributed by atoms with Gasteiger partial charge in [-0.15, -0.1) is 0 Å². The molecule has 5 nitrogen and oxygen atoms in total. The fraction of sp³-hybridized carbons (Fsp3) is 0.0476. The molecule has 4 rings (SSSR count). The summed E-state index contributed by atoms with van der Waals surface area (Å²) in [4.78, 5) is 25.7. The molecule has 0 saturated carbocycles. The summed E-state index contributed by atoms with van der Waals surface area (Å²) < 4.78 is 7.03. The maximum absolute atomic E-state index is 12.9. The van der Waals surface area contributed by atoms with Crippen molar-refractivity contribution in [3.05, 3.63) is 98.1 Å². The average molecular weight is 413 g/mol. The summed E-state index contributed by atoms with van der Waals surface area (Å²) in [5.41, 5.74) is 1.40. The van der Waals surface area contributed by atoms with Crippen LogP contribution in [0.25, 0.3) is 17.0 Å². The Morgan fingerprint density at radius 3 is 2.46 bits per heavy atom. The highest BCUT2D eigenvalue weighted by molar-refractivity contribution is 6.42. The lowest BCUT2D eigenvalue weighted by Gasteiger charge is -2.00. The van der Waals surface area contributed by atoms with E-state index in [4.69, 9.17) is 27.6 Å². The van der Waals surface area contributed by atoms with Gasteiger partial charge < -0.3 is 4.42 Å². The van der Waals surface area contributed by atoms with Gasteiger partial charge in [-0.2, -0.15) is 0 Å². The van der Waals surface area contributed by atoms with Crippen LogP contribution in [0, 0.1) is 6.92 Å². The number of halogens is 2.